The molecular formula is C27H22F3N5O3S. The highest BCUT2D eigenvalue weighted by Crippen LogP contribution is 2.36. The van der Waals surface area contributed by atoms with Crippen LogP contribution in [0.1, 0.15) is 11.1 Å². The molecule has 0 saturated carbocycles. The molecule has 0 saturated heterocycles. The van der Waals surface area contributed by atoms with Gasteiger partial charge in [0, 0.05) is 22.7 Å². The number of rotatable bonds is 8. The molecule has 0 unspecified atom stereocenters. The van der Waals surface area contributed by atoms with Crippen LogP contribution in [0.15, 0.2) is 77.0 Å². The molecule has 0 aliphatic carbocycles. The van der Waals surface area contributed by atoms with Gasteiger partial charge in [-0.05, 0) is 48.0 Å². The number of alkyl halides is 3. The number of aliphatic imine (C=N–C) groups is 1. The van der Waals surface area contributed by atoms with Crippen molar-refractivity contribution < 1.29 is 27.4 Å². The highest BCUT2D eigenvalue weighted by atomic mass is 32.2. The number of methoxy groups -OCH3 is 1. The number of hydrogen-bond acceptors (Lipinski definition) is 6. The number of amides is 1. The Morgan fingerprint density at radius 2 is 1.97 bits per heavy atom. The molecule has 0 bridgehead atoms. The third-order valence-electron chi connectivity index (χ3n) is 6.01. The zero-order valence-electron chi connectivity index (χ0n) is 20.7. The lowest BCUT2D eigenvalue weighted by Gasteiger charge is -2.20. The first-order valence-corrected chi connectivity index (χ1v) is 12.6. The summed E-state index contributed by atoms with van der Waals surface area (Å²) in [7, 11) is 1.58. The SMILES string of the molecule is C=CCc1ccc(OCCn2cc(/C=C3/C(=N)N4N=C(C(F)(F)F)SC4=NC3=O)c3ccccc32)c(OC)c1. The summed E-state index contributed by atoms with van der Waals surface area (Å²) in [6.07, 6.45) is 1.07. The quantitative estimate of drug-likeness (QED) is 0.288. The molecule has 2 aliphatic rings. The Hall–Kier alpha value is -4.32. The number of hydrogen-bond donors (Lipinski definition) is 1. The lowest BCUT2D eigenvalue weighted by atomic mass is 10.1. The summed E-state index contributed by atoms with van der Waals surface area (Å²) in [6, 6.07) is 13.2. The molecule has 0 spiro atoms. The van der Waals surface area contributed by atoms with Crippen LogP contribution in [0.3, 0.4) is 0 Å². The molecule has 5 rings (SSSR count). The molecule has 39 heavy (non-hydrogen) atoms. The van der Waals surface area contributed by atoms with Crippen LogP contribution in [0.2, 0.25) is 0 Å². The Kier molecular flexibility index (Phi) is 7.04. The summed E-state index contributed by atoms with van der Waals surface area (Å²) in [6.45, 7) is 4.52. The van der Waals surface area contributed by atoms with E-state index in [0.29, 0.717) is 36.6 Å². The molecule has 12 heteroatoms. The van der Waals surface area contributed by atoms with Gasteiger partial charge in [-0.1, -0.05) is 30.3 Å². The number of benzene rings is 2. The topological polar surface area (TPSA) is 92.3 Å². The summed E-state index contributed by atoms with van der Waals surface area (Å²) in [5.41, 5.74) is 2.36. The number of hydrazone groups is 1. The standard InChI is InChI=1S/C27H22F3N5O3S/c1-3-6-16-9-10-21(22(13-16)37-2)38-12-11-34-15-17(18-7-4-5-8-20(18)34)14-19-23(31)35-26(32-24(19)36)39-25(33-35)27(28,29)30/h3-5,7-10,13-15,31H,1,6,11-12H2,2H3/b19-14-,31-23?. The molecule has 200 valence electrons. The molecule has 0 fully saturated rings. The van der Waals surface area contributed by atoms with Crippen molar-refractivity contribution in [2.75, 3.05) is 13.7 Å². The lowest BCUT2D eigenvalue weighted by Crippen LogP contribution is -2.35. The molecule has 2 aromatic carbocycles. The summed E-state index contributed by atoms with van der Waals surface area (Å²) < 4.78 is 52.7. The summed E-state index contributed by atoms with van der Waals surface area (Å²) in [4.78, 5) is 16.4. The number of carbonyl (C=O) groups is 1. The van der Waals surface area contributed by atoms with Gasteiger partial charge in [0.05, 0.1) is 19.2 Å². The summed E-state index contributed by atoms with van der Waals surface area (Å²) in [5, 5.41) is 11.9. The summed E-state index contributed by atoms with van der Waals surface area (Å²) >= 11 is 0.218. The Bertz CT molecular complexity index is 1590. The van der Waals surface area contributed by atoms with Gasteiger partial charge in [-0.15, -0.1) is 6.58 Å². The van der Waals surface area contributed by atoms with Crippen LogP contribution in [0.25, 0.3) is 17.0 Å². The number of halogens is 3. The molecule has 1 aromatic heterocycles. The number of nitrogens with zero attached hydrogens (tertiary/aromatic N) is 4. The van der Waals surface area contributed by atoms with Crippen LogP contribution in [0.4, 0.5) is 13.2 Å². The molecule has 0 radical (unpaired) electrons. The van der Waals surface area contributed by atoms with E-state index in [0.717, 1.165) is 21.5 Å². The monoisotopic (exact) mass is 553 g/mol. The van der Waals surface area contributed by atoms with E-state index in [-0.39, 0.29) is 22.5 Å². The fourth-order valence-electron chi connectivity index (χ4n) is 4.22. The van der Waals surface area contributed by atoms with E-state index in [1.165, 1.54) is 6.08 Å². The maximum Gasteiger partial charge on any atom is 0.441 e. The van der Waals surface area contributed by atoms with E-state index < -0.39 is 23.0 Å². The molecule has 3 aromatic rings. The second kappa shape index (κ2) is 10.4. The van der Waals surface area contributed by atoms with Gasteiger partial charge in [-0.25, -0.2) is 0 Å². The third-order valence-corrected chi connectivity index (χ3v) is 6.97. The van der Waals surface area contributed by atoms with Crippen molar-refractivity contribution >= 4 is 50.7 Å². The number of fused-ring (bicyclic) bond motifs is 2. The van der Waals surface area contributed by atoms with E-state index in [2.05, 4.69) is 16.7 Å². The van der Waals surface area contributed by atoms with E-state index in [9.17, 15) is 18.0 Å². The smallest absolute Gasteiger partial charge is 0.441 e. The van der Waals surface area contributed by atoms with E-state index >= 15 is 0 Å². The highest BCUT2D eigenvalue weighted by Gasteiger charge is 2.46. The second-order valence-corrected chi connectivity index (χ2v) is 9.50. The minimum absolute atomic E-state index is 0.157. The van der Waals surface area contributed by atoms with Gasteiger partial charge in [-0.3, -0.25) is 10.2 Å². The van der Waals surface area contributed by atoms with E-state index in [1.807, 2.05) is 53.1 Å². The number of thioether (sulfide) groups is 1. The van der Waals surface area contributed by atoms with Crippen molar-refractivity contribution in [3.05, 3.63) is 78.0 Å². The Morgan fingerprint density at radius 3 is 2.72 bits per heavy atom. The average Bonchev–Trinajstić information content (AvgIpc) is 3.49. The van der Waals surface area contributed by atoms with Crippen molar-refractivity contribution in [3.8, 4) is 11.5 Å². The first-order chi connectivity index (χ1) is 18.7. The lowest BCUT2D eigenvalue weighted by molar-refractivity contribution is -0.114. The molecule has 2 aliphatic heterocycles. The molecule has 8 nitrogen and oxygen atoms in total. The number of allylic oxidation sites excluding steroid dienone is 1. The third kappa shape index (κ3) is 5.19. The summed E-state index contributed by atoms with van der Waals surface area (Å²) in [5.74, 6) is -0.0578. The molecule has 3 heterocycles. The number of ether oxygens (including phenoxy) is 2. The van der Waals surface area contributed by atoms with Crippen LogP contribution in [-0.2, 0) is 17.8 Å². The minimum atomic E-state index is -4.70. The molecule has 1 N–H and O–H groups in total. The van der Waals surface area contributed by atoms with Gasteiger partial charge in [0.1, 0.15) is 6.61 Å². The molecule has 1 amide bonds. The number of carbonyl (C=O) groups excluding carboxylic acids is 1. The maximum atomic E-state index is 13.1. The minimum Gasteiger partial charge on any atom is -0.493 e. The first kappa shape index (κ1) is 26.3. The van der Waals surface area contributed by atoms with Gasteiger partial charge < -0.3 is 14.0 Å². The fourth-order valence-corrected chi connectivity index (χ4v) is 4.97. The van der Waals surface area contributed by atoms with Crippen LogP contribution in [0, 0.1) is 5.41 Å². The van der Waals surface area contributed by atoms with Gasteiger partial charge in [0.25, 0.3) is 5.91 Å². The number of aromatic nitrogens is 1. The van der Waals surface area contributed by atoms with Crippen molar-refractivity contribution in [1.82, 2.24) is 9.58 Å². The van der Waals surface area contributed by atoms with Crippen molar-refractivity contribution in [2.24, 2.45) is 10.1 Å². The Labute approximate surface area is 225 Å². The van der Waals surface area contributed by atoms with Crippen molar-refractivity contribution in [2.45, 2.75) is 19.1 Å². The largest absolute Gasteiger partial charge is 0.493 e. The van der Waals surface area contributed by atoms with Crippen molar-refractivity contribution in [3.63, 3.8) is 0 Å². The predicted molar refractivity (Wildman–Crippen MR) is 145 cm³/mol. The second-order valence-electron chi connectivity index (χ2n) is 8.54. The maximum absolute atomic E-state index is 13.1. The van der Waals surface area contributed by atoms with Crippen LogP contribution in [0.5, 0.6) is 11.5 Å². The van der Waals surface area contributed by atoms with Gasteiger partial charge in [0.2, 0.25) is 10.2 Å². The number of amidine groups is 2. The number of nitrogens with one attached hydrogen (secondary N) is 1. The van der Waals surface area contributed by atoms with Crippen LogP contribution >= 0.6 is 11.8 Å². The average molecular weight is 554 g/mol. The zero-order chi connectivity index (χ0) is 27.7. The fraction of sp³-hybridized carbons (Fsp3) is 0.185. The van der Waals surface area contributed by atoms with E-state index in [4.69, 9.17) is 14.9 Å². The molecule has 0 atom stereocenters. The van der Waals surface area contributed by atoms with Gasteiger partial charge >= 0.3 is 6.18 Å². The Morgan fingerprint density at radius 1 is 1.18 bits per heavy atom. The van der Waals surface area contributed by atoms with Gasteiger partial charge in [0.15, 0.2) is 17.3 Å². The van der Waals surface area contributed by atoms with Crippen LogP contribution < -0.4 is 9.47 Å². The van der Waals surface area contributed by atoms with Crippen LogP contribution in [-0.4, -0.2) is 51.4 Å². The highest BCUT2D eigenvalue weighted by molar-refractivity contribution is 8.27. The first-order valence-electron chi connectivity index (χ1n) is 11.8. The normalized spacial score (nSPS) is 16.4. The van der Waals surface area contributed by atoms with Crippen molar-refractivity contribution in [1.29, 1.82) is 5.41 Å². The zero-order valence-corrected chi connectivity index (χ0v) is 21.5. The van der Waals surface area contributed by atoms with E-state index in [1.54, 1.807) is 13.3 Å². The Balaban J connectivity index is 1.39. The predicted octanol–water partition coefficient (Wildman–Crippen LogP) is 5.64. The number of para-hydroxylation sites is 1. The molecular weight excluding hydrogens is 531 g/mol. The van der Waals surface area contributed by atoms with Gasteiger partial charge in [-0.2, -0.15) is 28.3 Å².